The second-order valence-corrected chi connectivity index (χ2v) is 8.59. The summed E-state index contributed by atoms with van der Waals surface area (Å²) in [5, 5.41) is 12.9. The van der Waals surface area contributed by atoms with Gasteiger partial charge >= 0.3 is 5.97 Å². The van der Waals surface area contributed by atoms with Gasteiger partial charge in [-0.1, -0.05) is 0 Å². The van der Waals surface area contributed by atoms with Crippen molar-refractivity contribution in [3.05, 3.63) is 58.3 Å². The van der Waals surface area contributed by atoms with Gasteiger partial charge in [-0.15, -0.1) is 0 Å². The third-order valence-electron chi connectivity index (χ3n) is 5.54. The number of rotatable bonds is 5. The van der Waals surface area contributed by atoms with Crippen molar-refractivity contribution in [2.24, 2.45) is 5.92 Å². The molecule has 0 bridgehead atoms. The zero-order valence-corrected chi connectivity index (χ0v) is 18.6. The quantitative estimate of drug-likeness (QED) is 0.380. The minimum absolute atomic E-state index is 0.164. The molecular weight excluding hydrogens is 460 g/mol. The highest BCUT2D eigenvalue weighted by Crippen LogP contribution is 2.28. The molecule has 0 aliphatic carbocycles. The Kier molecular flexibility index (Phi) is 5.17. The van der Waals surface area contributed by atoms with Gasteiger partial charge in [-0.2, -0.15) is 4.37 Å². The van der Waals surface area contributed by atoms with Crippen LogP contribution in [0.1, 0.15) is 15.9 Å². The molecular formula is C21H18N8O4S. The Morgan fingerprint density at radius 2 is 2.06 bits per heavy atom. The zero-order valence-electron chi connectivity index (χ0n) is 17.8. The average molecular weight is 478 g/mol. The Hall–Kier alpha value is -4.39. The van der Waals surface area contributed by atoms with Crippen LogP contribution in [-0.4, -0.2) is 54.0 Å². The Morgan fingerprint density at radius 1 is 1.26 bits per heavy atom. The first-order valence-electron chi connectivity index (χ1n) is 10.2. The summed E-state index contributed by atoms with van der Waals surface area (Å²) in [6.07, 6.45) is 4.03. The van der Waals surface area contributed by atoms with Crippen LogP contribution in [0.5, 0.6) is 0 Å². The predicted octanol–water partition coefficient (Wildman–Crippen LogP) is 1.30. The maximum absolute atomic E-state index is 12.9. The van der Waals surface area contributed by atoms with Crippen molar-refractivity contribution >= 4 is 51.8 Å². The number of hydrogen-bond donors (Lipinski definition) is 3. The minimum Gasteiger partial charge on any atom is -0.477 e. The number of aryl methyl sites for hydroxylation is 1. The summed E-state index contributed by atoms with van der Waals surface area (Å²) in [6.45, 7) is 2.58. The third kappa shape index (κ3) is 3.71. The Bertz CT molecular complexity index is 1480. The lowest BCUT2D eigenvalue weighted by atomic mass is 9.98. The molecule has 1 saturated heterocycles. The van der Waals surface area contributed by atoms with Gasteiger partial charge in [0.2, 0.25) is 16.5 Å². The van der Waals surface area contributed by atoms with E-state index in [9.17, 15) is 19.5 Å². The molecule has 1 aliphatic heterocycles. The van der Waals surface area contributed by atoms with Gasteiger partial charge in [-0.3, -0.25) is 14.2 Å². The number of hydrogen-bond acceptors (Lipinski definition) is 10. The van der Waals surface area contributed by atoms with E-state index in [1.165, 1.54) is 23.3 Å². The summed E-state index contributed by atoms with van der Waals surface area (Å²) >= 11 is 1.05. The molecule has 0 atom stereocenters. The van der Waals surface area contributed by atoms with E-state index in [1.807, 2.05) is 4.90 Å². The van der Waals surface area contributed by atoms with E-state index in [0.29, 0.717) is 41.1 Å². The van der Waals surface area contributed by atoms with E-state index in [0.717, 1.165) is 11.5 Å². The number of anilines is 3. The molecule has 5 rings (SSSR count). The lowest BCUT2D eigenvalue weighted by Gasteiger charge is -2.39. The van der Waals surface area contributed by atoms with Gasteiger partial charge in [0.25, 0.3) is 0 Å². The van der Waals surface area contributed by atoms with Crippen molar-refractivity contribution < 1.29 is 14.7 Å². The lowest BCUT2D eigenvalue weighted by Crippen LogP contribution is -2.52. The number of nitrogens with one attached hydrogen (secondary N) is 1. The number of carboxylic acids is 1. The minimum atomic E-state index is -1.33. The molecule has 1 amide bonds. The molecule has 5 heterocycles. The van der Waals surface area contributed by atoms with E-state index in [4.69, 9.17) is 5.73 Å². The van der Waals surface area contributed by atoms with E-state index < -0.39 is 11.4 Å². The topological polar surface area (TPSA) is 169 Å². The molecule has 0 radical (unpaired) electrons. The van der Waals surface area contributed by atoms with E-state index >= 15 is 0 Å². The molecule has 4 aromatic heterocycles. The van der Waals surface area contributed by atoms with Crippen molar-refractivity contribution in [2.45, 2.75) is 6.92 Å². The highest BCUT2D eigenvalue weighted by Gasteiger charge is 2.34. The Morgan fingerprint density at radius 3 is 2.71 bits per heavy atom. The summed E-state index contributed by atoms with van der Waals surface area (Å²) in [6, 6.07) is 5.01. The fraction of sp³-hybridized carbons (Fsp3) is 0.190. The van der Waals surface area contributed by atoms with E-state index in [2.05, 4.69) is 24.6 Å². The van der Waals surface area contributed by atoms with Crippen molar-refractivity contribution in [1.29, 1.82) is 0 Å². The molecule has 1 fully saturated rings. The van der Waals surface area contributed by atoms with Crippen LogP contribution in [0.4, 0.5) is 17.3 Å². The standard InChI is InChI=1S/C21H18N8O4S/c1-10-4-15(28-6-11(7-28)19(31)26-14-3-2-12(22)5-23-14)27-18-16(10)17(30)13(20(32)33)8-29(18)21-24-9-25-34-21/h2-5,8-9,11H,6-7,22H2,1H3,(H,32,33)(H,23,26,31). The molecule has 0 spiro atoms. The first-order valence-corrected chi connectivity index (χ1v) is 10.9. The van der Waals surface area contributed by atoms with Gasteiger partial charge in [-0.25, -0.2) is 19.7 Å². The lowest BCUT2D eigenvalue weighted by molar-refractivity contribution is -0.120. The molecule has 172 valence electrons. The molecule has 1 aliphatic rings. The number of carboxylic acid groups (broad SMARTS) is 1. The van der Waals surface area contributed by atoms with Crippen LogP contribution in [0.3, 0.4) is 0 Å². The normalized spacial score (nSPS) is 13.6. The van der Waals surface area contributed by atoms with Gasteiger partial charge in [0.05, 0.1) is 23.2 Å². The summed E-state index contributed by atoms with van der Waals surface area (Å²) in [5.41, 5.74) is 5.99. The second kappa shape index (κ2) is 8.19. The summed E-state index contributed by atoms with van der Waals surface area (Å²) < 4.78 is 5.43. The van der Waals surface area contributed by atoms with Crippen LogP contribution in [0.25, 0.3) is 16.2 Å². The number of aromatic carboxylic acids is 1. The summed E-state index contributed by atoms with van der Waals surface area (Å²) in [5.74, 6) is -0.770. The molecule has 4 N–H and O–H groups in total. The number of nitrogens with zero attached hydrogens (tertiary/aromatic N) is 6. The van der Waals surface area contributed by atoms with E-state index in [1.54, 1.807) is 25.1 Å². The van der Waals surface area contributed by atoms with Gasteiger partial charge in [-0.05, 0) is 30.7 Å². The number of carbonyl (C=O) groups excluding carboxylic acids is 1. The average Bonchev–Trinajstić information content (AvgIpc) is 3.29. The SMILES string of the molecule is Cc1cc(N2CC(C(=O)Nc3ccc(N)cn3)C2)nc2c1c(=O)c(C(=O)O)cn2-c1ncns1. The van der Waals surface area contributed by atoms with Crippen LogP contribution in [0.2, 0.25) is 0 Å². The zero-order chi connectivity index (χ0) is 24.0. The van der Waals surface area contributed by atoms with Gasteiger partial charge in [0, 0.05) is 30.8 Å². The predicted molar refractivity (Wildman–Crippen MR) is 125 cm³/mol. The number of amides is 1. The van der Waals surface area contributed by atoms with Crippen molar-refractivity contribution in [3.63, 3.8) is 0 Å². The van der Waals surface area contributed by atoms with Crippen LogP contribution < -0.4 is 21.4 Å². The van der Waals surface area contributed by atoms with Gasteiger partial charge in [0.15, 0.2) is 5.65 Å². The third-order valence-corrected chi connectivity index (χ3v) is 6.21. The van der Waals surface area contributed by atoms with Crippen LogP contribution >= 0.6 is 11.5 Å². The fourth-order valence-corrected chi connectivity index (χ4v) is 4.26. The van der Waals surface area contributed by atoms with Crippen LogP contribution in [0, 0.1) is 12.8 Å². The monoisotopic (exact) mass is 478 g/mol. The van der Waals surface area contributed by atoms with Crippen molar-refractivity contribution in [3.8, 4) is 5.13 Å². The fourth-order valence-electron chi connectivity index (χ4n) is 3.75. The van der Waals surface area contributed by atoms with Gasteiger partial charge in [0.1, 0.15) is 23.5 Å². The molecule has 0 aromatic carbocycles. The van der Waals surface area contributed by atoms with Crippen LogP contribution in [-0.2, 0) is 4.79 Å². The number of fused-ring (bicyclic) bond motifs is 1. The van der Waals surface area contributed by atoms with Crippen LogP contribution in [0.15, 0.2) is 41.7 Å². The summed E-state index contributed by atoms with van der Waals surface area (Å²) in [7, 11) is 0. The molecule has 0 unspecified atom stereocenters. The number of nitrogen functional groups attached to an aromatic ring is 1. The maximum atomic E-state index is 12.9. The number of carbonyl (C=O) groups is 2. The molecule has 12 nitrogen and oxygen atoms in total. The van der Waals surface area contributed by atoms with E-state index in [-0.39, 0.29) is 28.4 Å². The number of pyridine rings is 3. The maximum Gasteiger partial charge on any atom is 0.341 e. The molecule has 0 saturated carbocycles. The Labute approximate surface area is 195 Å². The van der Waals surface area contributed by atoms with Crippen molar-refractivity contribution in [2.75, 3.05) is 29.0 Å². The first kappa shape index (κ1) is 21.5. The molecule has 34 heavy (non-hydrogen) atoms. The van der Waals surface area contributed by atoms with Gasteiger partial charge < -0.3 is 21.1 Å². The Balaban J connectivity index is 1.45. The molecule has 4 aromatic rings. The number of nitrogens with two attached hydrogens (primary N) is 1. The van der Waals surface area contributed by atoms with Crippen molar-refractivity contribution in [1.82, 2.24) is 23.9 Å². The largest absolute Gasteiger partial charge is 0.477 e. The first-order chi connectivity index (χ1) is 16.3. The second-order valence-electron chi connectivity index (χ2n) is 7.83. The molecule has 13 heteroatoms. The highest BCUT2D eigenvalue weighted by molar-refractivity contribution is 7.08. The smallest absolute Gasteiger partial charge is 0.341 e. The summed E-state index contributed by atoms with van der Waals surface area (Å²) in [4.78, 5) is 51.8. The number of aromatic nitrogens is 5. The highest BCUT2D eigenvalue weighted by atomic mass is 32.1.